The van der Waals surface area contributed by atoms with Gasteiger partial charge < -0.3 is 14.2 Å². The molecule has 0 N–H and O–H groups in total. The number of aliphatic imine (C=N–C) groups is 1. The number of cyclic esters (lactones) is 1. The highest BCUT2D eigenvalue weighted by Crippen LogP contribution is 2.35. The lowest BCUT2D eigenvalue weighted by atomic mass is 10.1. The number of carbonyl (C=O) groups excluding carboxylic acids is 1. The average molecular weight is 524 g/mol. The highest BCUT2D eigenvalue weighted by Gasteiger charge is 2.25. The second-order valence-electron chi connectivity index (χ2n) is 6.32. The van der Waals surface area contributed by atoms with Gasteiger partial charge in [0, 0.05) is 0 Å². The van der Waals surface area contributed by atoms with E-state index in [9.17, 15) is 4.79 Å². The van der Waals surface area contributed by atoms with E-state index in [2.05, 4.69) is 34.2 Å². The fourth-order valence-electron chi connectivity index (χ4n) is 2.59. The van der Waals surface area contributed by atoms with Crippen LogP contribution in [0.1, 0.15) is 25.0 Å². The molecule has 2 aromatic rings. The maximum atomic E-state index is 12.3. The summed E-state index contributed by atoms with van der Waals surface area (Å²) in [5.41, 5.74) is 2.41. The Bertz CT molecular complexity index is 1030. The van der Waals surface area contributed by atoms with Crippen LogP contribution in [0.4, 0.5) is 0 Å². The van der Waals surface area contributed by atoms with Gasteiger partial charge in [0.25, 0.3) is 0 Å². The van der Waals surface area contributed by atoms with Crippen molar-refractivity contribution in [3.8, 4) is 11.5 Å². The molecular weight excluding hydrogens is 505 g/mol. The lowest BCUT2D eigenvalue weighted by Gasteiger charge is -2.14. The fraction of sp³-hybridized carbons (Fsp3) is 0.182. The highest BCUT2D eigenvalue weighted by atomic mass is 127. The summed E-state index contributed by atoms with van der Waals surface area (Å²) < 4.78 is 17.7. The molecule has 150 valence electrons. The molecule has 0 saturated carbocycles. The Labute approximate surface area is 188 Å². The number of hydrogen-bond donors (Lipinski definition) is 0. The molecule has 0 saturated heterocycles. The Morgan fingerprint density at radius 2 is 2.07 bits per heavy atom. The Hall–Kier alpha value is -2.32. The van der Waals surface area contributed by atoms with Crippen LogP contribution in [0.5, 0.6) is 11.5 Å². The zero-order valence-electron chi connectivity index (χ0n) is 16.0. The topological polar surface area (TPSA) is 57.1 Å². The maximum Gasteiger partial charge on any atom is 0.363 e. The number of halogens is 2. The molecule has 0 unspecified atom stereocenters. The first kappa shape index (κ1) is 21.4. The van der Waals surface area contributed by atoms with E-state index in [4.69, 9.17) is 25.8 Å². The molecule has 0 amide bonds. The van der Waals surface area contributed by atoms with Crippen molar-refractivity contribution >= 4 is 52.1 Å². The van der Waals surface area contributed by atoms with E-state index in [0.29, 0.717) is 35.3 Å². The minimum absolute atomic E-state index is 0.188. The van der Waals surface area contributed by atoms with E-state index in [1.165, 1.54) is 0 Å². The first-order valence-electron chi connectivity index (χ1n) is 8.90. The fourth-order valence-corrected chi connectivity index (χ4v) is 3.58. The van der Waals surface area contributed by atoms with Gasteiger partial charge in [0.2, 0.25) is 5.90 Å². The summed E-state index contributed by atoms with van der Waals surface area (Å²) in [6.45, 7) is 8.53. The average Bonchev–Trinajstić information content (AvgIpc) is 3.01. The first-order valence-corrected chi connectivity index (χ1v) is 10.4. The van der Waals surface area contributed by atoms with Gasteiger partial charge in [-0.3, -0.25) is 0 Å². The monoisotopic (exact) mass is 523 g/mol. The van der Waals surface area contributed by atoms with Crippen LogP contribution in [0, 0.1) is 3.57 Å². The van der Waals surface area contributed by atoms with E-state index >= 15 is 0 Å². The van der Waals surface area contributed by atoms with Crippen molar-refractivity contribution in [2.24, 2.45) is 4.99 Å². The lowest BCUT2D eigenvalue weighted by Crippen LogP contribution is -2.06. The standard InChI is InChI=1S/C22H19ClINO4/c1-4-27-19-11-14(9-17(24)20(19)28-12-13(2)3)10-18-22(26)29-21(25-18)15-7-5-6-8-16(15)23/h5-11H,2,4,12H2,1,3H3/b18-10-. The Kier molecular flexibility index (Phi) is 6.97. The molecule has 1 aliphatic rings. The van der Waals surface area contributed by atoms with Crippen molar-refractivity contribution < 1.29 is 19.0 Å². The zero-order valence-corrected chi connectivity index (χ0v) is 18.9. The molecular formula is C22H19ClINO4. The van der Waals surface area contributed by atoms with E-state index in [1.54, 1.807) is 30.3 Å². The van der Waals surface area contributed by atoms with Crippen molar-refractivity contribution in [2.45, 2.75) is 13.8 Å². The van der Waals surface area contributed by atoms with E-state index in [0.717, 1.165) is 14.7 Å². The van der Waals surface area contributed by atoms with Crippen LogP contribution in [0.2, 0.25) is 5.02 Å². The third-order valence-electron chi connectivity index (χ3n) is 3.82. The van der Waals surface area contributed by atoms with Crippen LogP contribution in [-0.4, -0.2) is 25.1 Å². The molecule has 0 aliphatic carbocycles. The maximum absolute atomic E-state index is 12.3. The number of benzene rings is 2. The van der Waals surface area contributed by atoms with Gasteiger partial charge in [0.05, 0.1) is 20.8 Å². The largest absolute Gasteiger partial charge is 0.490 e. The minimum Gasteiger partial charge on any atom is -0.490 e. The van der Waals surface area contributed by atoms with Crippen LogP contribution >= 0.6 is 34.2 Å². The molecule has 7 heteroatoms. The molecule has 0 aromatic heterocycles. The van der Waals surface area contributed by atoms with E-state index < -0.39 is 5.97 Å². The van der Waals surface area contributed by atoms with Crippen LogP contribution < -0.4 is 9.47 Å². The summed E-state index contributed by atoms with van der Waals surface area (Å²) >= 11 is 8.35. The number of carbonyl (C=O) groups is 1. The molecule has 0 atom stereocenters. The summed E-state index contributed by atoms with van der Waals surface area (Å²) in [7, 11) is 0. The summed E-state index contributed by atoms with van der Waals surface area (Å²) in [4.78, 5) is 16.6. The zero-order chi connectivity index (χ0) is 21.0. The number of hydrogen-bond acceptors (Lipinski definition) is 5. The molecule has 3 rings (SSSR count). The quantitative estimate of drug-likeness (QED) is 0.204. The van der Waals surface area contributed by atoms with Gasteiger partial charge in [0.15, 0.2) is 17.2 Å². The van der Waals surface area contributed by atoms with Crippen molar-refractivity contribution in [2.75, 3.05) is 13.2 Å². The van der Waals surface area contributed by atoms with Crippen LogP contribution in [-0.2, 0) is 9.53 Å². The van der Waals surface area contributed by atoms with Crippen molar-refractivity contribution in [3.63, 3.8) is 0 Å². The van der Waals surface area contributed by atoms with Crippen molar-refractivity contribution in [3.05, 3.63) is 74.0 Å². The SMILES string of the molecule is C=C(C)COc1c(I)cc(/C=C2\N=C(c3ccccc3Cl)OC2=O)cc1OCC. The Balaban J connectivity index is 1.96. The normalized spacial score (nSPS) is 14.6. The Morgan fingerprint density at radius 1 is 1.31 bits per heavy atom. The first-order chi connectivity index (χ1) is 13.9. The predicted molar refractivity (Wildman–Crippen MR) is 123 cm³/mol. The van der Waals surface area contributed by atoms with Gasteiger partial charge in [-0.25, -0.2) is 9.79 Å². The van der Waals surface area contributed by atoms with Crippen molar-refractivity contribution in [1.29, 1.82) is 0 Å². The van der Waals surface area contributed by atoms with Crippen molar-refractivity contribution in [1.82, 2.24) is 0 Å². The third-order valence-corrected chi connectivity index (χ3v) is 4.95. The molecule has 0 spiro atoms. The Morgan fingerprint density at radius 3 is 2.76 bits per heavy atom. The van der Waals surface area contributed by atoms with Crippen LogP contribution in [0.15, 0.2) is 59.2 Å². The van der Waals surface area contributed by atoms with E-state index in [1.807, 2.05) is 26.0 Å². The molecule has 1 heterocycles. The lowest BCUT2D eigenvalue weighted by molar-refractivity contribution is -0.129. The number of ether oxygens (including phenoxy) is 3. The number of nitrogens with zero attached hydrogens (tertiary/aromatic N) is 1. The summed E-state index contributed by atoms with van der Waals surface area (Å²) in [6, 6.07) is 10.8. The molecule has 0 fully saturated rings. The number of esters is 1. The van der Waals surface area contributed by atoms with Gasteiger partial charge in [-0.2, -0.15) is 0 Å². The predicted octanol–water partition coefficient (Wildman–Crippen LogP) is 5.64. The van der Waals surface area contributed by atoms with Crippen LogP contribution in [0.25, 0.3) is 6.08 Å². The molecule has 1 aliphatic heterocycles. The second-order valence-corrected chi connectivity index (χ2v) is 7.89. The van der Waals surface area contributed by atoms with Gasteiger partial charge in [-0.15, -0.1) is 0 Å². The second kappa shape index (κ2) is 9.45. The minimum atomic E-state index is -0.532. The summed E-state index contributed by atoms with van der Waals surface area (Å²) in [5, 5.41) is 0.465. The molecule has 29 heavy (non-hydrogen) atoms. The molecule has 0 bridgehead atoms. The van der Waals surface area contributed by atoms with Crippen LogP contribution in [0.3, 0.4) is 0 Å². The number of rotatable bonds is 7. The van der Waals surface area contributed by atoms with Gasteiger partial charge >= 0.3 is 5.97 Å². The molecule has 5 nitrogen and oxygen atoms in total. The molecule has 0 radical (unpaired) electrons. The molecule has 2 aromatic carbocycles. The highest BCUT2D eigenvalue weighted by molar-refractivity contribution is 14.1. The summed E-state index contributed by atoms with van der Waals surface area (Å²) in [5.74, 6) is 0.893. The smallest absolute Gasteiger partial charge is 0.363 e. The van der Waals surface area contributed by atoms with E-state index in [-0.39, 0.29) is 11.6 Å². The van der Waals surface area contributed by atoms with Gasteiger partial charge in [-0.1, -0.05) is 30.3 Å². The van der Waals surface area contributed by atoms with Gasteiger partial charge in [-0.05, 0) is 77.9 Å². The third kappa shape index (κ3) is 5.19. The summed E-state index contributed by atoms with van der Waals surface area (Å²) in [6.07, 6.45) is 1.65. The van der Waals surface area contributed by atoms with Gasteiger partial charge in [0.1, 0.15) is 6.61 Å².